The summed E-state index contributed by atoms with van der Waals surface area (Å²) in [6.45, 7) is 8.28. The van der Waals surface area contributed by atoms with Crippen molar-refractivity contribution >= 4 is 0 Å². The number of benzene rings is 1. The van der Waals surface area contributed by atoms with E-state index >= 15 is 0 Å². The number of hydrogen-bond acceptors (Lipinski definition) is 6. The molecule has 0 amide bonds. The fourth-order valence-corrected chi connectivity index (χ4v) is 3.50. The Labute approximate surface area is 168 Å². The van der Waals surface area contributed by atoms with E-state index in [9.17, 15) is 10.2 Å². The topological polar surface area (TPSA) is 77.4 Å². The Morgan fingerprint density at radius 1 is 1.00 bits per heavy atom. The standard InChI is InChI=1S/C22H36O6/c1-4-5-8-12-21(2,3)20-17-26-16-15-25-13-9-14-27-18-10-6-7-11-19(18)28-22(20,23)24/h6-7,10-11,20,23-24H,4-5,8-9,12-17H2,1-3H3. The lowest BCUT2D eigenvalue weighted by Gasteiger charge is -2.41. The van der Waals surface area contributed by atoms with Crippen molar-refractivity contribution in [1.29, 1.82) is 0 Å². The van der Waals surface area contributed by atoms with E-state index < -0.39 is 17.3 Å². The first kappa shape index (κ1) is 22.9. The van der Waals surface area contributed by atoms with Crippen LogP contribution >= 0.6 is 0 Å². The number of hydrogen-bond donors (Lipinski definition) is 2. The van der Waals surface area contributed by atoms with Gasteiger partial charge in [-0.2, -0.15) is 0 Å². The lowest BCUT2D eigenvalue weighted by Crippen LogP contribution is -2.52. The molecule has 0 saturated carbocycles. The second kappa shape index (κ2) is 11.0. The van der Waals surface area contributed by atoms with Gasteiger partial charge < -0.3 is 29.2 Å². The minimum absolute atomic E-state index is 0.165. The molecule has 0 bridgehead atoms. The Morgan fingerprint density at radius 2 is 1.71 bits per heavy atom. The van der Waals surface area contributed by atoms with Gasteiger partial charge in [0.25, 0.3) is 0 Å². The molecule has 0 fully saturated rings. The molecule has 1 aromatic rings. The Morgan fingerprint density at radius 3 is 2.46 bits per heavy atom. The van der Waals surface area contributed by atoms with Crippen LogP contribution < -0.4 is 9.47 Å². The molecule has 160 valence electrons. The van der Waals surface area contributed by atoms with Gasteiger partial charge in [-0.1, -0.05) is 52.2 Å². The van der Waals surface area contributed by atoms with Crippen molar-refractivity contribution in [3.8, 4) is 11.5 Å². The van der Waals surface area contributed by atoms with Gasteiger partial charge in [0.05, 0.1) is 32.3 Å². The summed E-state index contributed by atoms with van der Waals surface area (Å²) in [4.78, 5) is 0. The van der Waals surface area contributed by atoms with Crippen molar-refractivity contribution in [1.82, 2.24) is 0 Å². The summed E-state index contributed by atoms with van der Waals surface area (Å²) in [5.41, 5.74) is -0.396. The minimum Gasteiger partial charge on any atom is -0.490 e. The van der Waals surface area contributed by atoms with E-state index in [1.165, 1.54) is 0 Å². The Balaban J connectivity index is 2.25. The molecule has 6 heteroatoms. The lowest BCUT2D eigenvalue weighted by molar-refractivity contribution is -0.346. The fraction of sp³-hybridized carbons (Fsp3) is 0.727. The number of ether oxygens (including phenoxy) is 4. The molecule has 2 rings (SSSR count). The third-order valence-electron chi connectivity index (χ3n) is 5.28. The Hall–Kier alpha value is -1.34. The van der Waals surface area contributed by atoms with E-state index in [1.807, 2.05) is 19.9 Å². The van der Waals surface area contributed by atoms with Crippen molar-refractivity contribution in [3.05, 3.63) is 24.3 Å². The van der Waals surface area contributed by atoms with Crippen molar-refractivity contribution in [2.24, 2.45) is 11.3 Å². The predicted octanol–water partition coefficient (Wildman–Crippen LogP) is 3.74. The van der Waals surface area contributed by atoms with Gasteiger partial charge >= 0.3 is 5.97 Å². The van der Waals surface area contributed by atoms with Crippen LogP contribution in [0, 0.1) is 11.3 Å². The molecule has 0 radical (unpaired) electrons. The summed E-state index contributed by atoms with van der Waals surface area (Å²) in [5, 5.41) is 21.9. The number of aliphatic hydroxyl groups is 2. The van der Waals surface area contributed by atoms with Crippen LogP contribution in [0.4, 0.5) is 0 Å². The number of unbranched alkanes of at least 4 members (excludes halogenated alkanes) is 2. The van der Waals surface area contributed by atoms with Crippen LogP contribution in [-0.4, -0.2) is 49.2 Å². The Bertz CT molecular complexity index is 572. The highest BCUT2D eigenvalue weighted by molar-refractivity contribution is 5.39. The predicted molar refractivity (Wildman–Crippen MR) is 107 cm³/mol. The normalized spacial score (nSPS) is 21.7. The average Bonchev–Trinajstić information content (AvgIpc) is 2.63. The van der Waals surface area contributed by atoms with Crippen LogP contribution in [-0.2, 0) is 9.47 Å². The van der Waals surface area contributed by atoms with E-state index in [-0.39, 0.29) is 6.61 Å². The van der Waals surface area contributed by atoms with Crippen LogP contribution in [0.1, 0.15) is 52.9 Å². The number of fused-ring (bicyclic) bond motifs is 1. The second-order valence-electron chi connectivity index (χ2n) is 8.09. The molecule has 0 aromatic heterocycles. The summed E-state index contributed by atoms with van der Waals surface area (Å²) in [6.07, 6.45) is 4.80. The molecular formula is C22H36O6. The molecule has 1 aliphatic rings. The van der Waals surface area contributed by atoms with Crippen molar-refractivity contribution in [3.63, 3.8) is 0 Å². The fourth-order valence-electron chi connectivity index (χ4n) is 3.50. The highest BCUT2D eigenvalue weighted by Crippen LogP contribution is 2.41. The zero-order valence-electron chi connectivity index (χ0n) is 17.5. The summed E-state index contributed by atoms with van der Waals surface area (Å²) < 4.78 is 22.8. The molecule has 1 aromatic carbocycles. The largest absolute Gasteiger partial charge is 0.490 e. The molecule has 1 atom stereocenters. The second-order valence-corrected chi connectivity index (χ2v) is 8.09. The molecule has 1 unspecified atom stereocenters. The zero-order valence-corrected chi connectivity index (χ0v) is 17.5. The monoisotopic (exact) mass is 396 g/mol. The third-order valence-corrected chi connectivity index (χ3v) is 5.28. The van der Waals surface area contributed by atoms with E-state index in [4.69, 9.17) is 18.9 Å². The number of para-hydroxylation sites is 2. The van der Waals surface area contributed by atoms with E-state index in [0.717, 1.165) is 32.1 Å². The third kappa shape index (κ3) is 6.92. The van der Waals surface area contributed by atoms with Gasteiger partial charge in [-0.15, -0.1) is 0 Å². The first-order valence-corrected chi connectivity index (χ1v) is 10.4. The highest BCUT2D eigenvalue weighted by Gasteiger charge is 2.47. The first-order valence-electron chi connectivity index (χ1n) is 10.4. The maximum Gasteiger partial charge on any atom is 0.327 e. The molecule has 1 heterocycles. The van der Waals surface area contributed by atoms with E-state index in [1.54, 1.807) is 18.2 Å². The summed E-state index contributed by atoms with van der Waals surface area (Å²) in [5.74, 6) is -2.25. The smallest absolute Gasteiger partial charge is 0.327 e. The van der Waals surface area contributed by atoms with Crippen molar-refractivity contribution in [2.45, 2.75) is 58.8 Å². The van der Waals surface area contributed by atoms with Gasteiger partial charge in [-0.3, -0.25) is 0 Å². The van der Waals surface area contributed by atoms with Crippen LogP contribution in [0.2, 0.25) is 0 Å². The molecule has 6 nitrogen and oxygen atoms in total. The minimum atomic E-state index is -2.39. The van der Waals surface area contributed by atoms with Crippen molar-refractivity contribution in [2.75, 3.05) is 33.0 Å². The van der Waals surface area contributed by atoms with Gasteiger partial charge in [0.2, 0.25) is 0 Å². The first-order chi connectivity index (χ1) is 13.4. The molecule has 0 spiro atoms. The molecule has 0 saturated heterocycles. The molecule has 2 N–H and O–H groups in total. The maximum atomic E-state index is 10.9. The van der Waals surface area contributed by atoms with Crippen LogP contribution in [0.5, 0.6) is 11.5 Å². The summed E-state index contributed by atoms with van der Waals surface area (Å²) in [6, 6.07) is 7.05. The molecule has 1 aliphatic heterocycles. The van der Waals surface area contributed by atoms with E-state index in [0.29, 0.717) is 37.9 Å². The van der Waals surface area contributed by atoms with Crippen molar-refractivity contribution < 1.29 is 29.2 Å². The van der Waals surface area contributed by atoms with Gasteiger partial charge in [0.15, 0.2) is 11.5 Å². The van der Waals surface area contributed by atoms with Crippen LogP contribution in [0.15, 0.2) is 24.3 Å². The lowest BCUT2D eigenvalue weighted by atomic mass is 9.74. The average molecular weight is 397 g/mol. The van der Waals surface area contributed by atoms with Gasteiger partial charge in [-0.05, 0) is 24.0 Å². The molecular weight excluding hydrogens is 360 g/mol. The van der Waals surface area contributed by atoms with Gasteiger partial charge in [-0.25, -0.2) is 0 Å². The quantitative estimate of drug-likeness (QED) is 0.583. The zero-order chi connectivity index (χ0) is 20.5. The van der Waals surface area contributed by atoms with Crippen LogP contribution in [0.25, 0.3) is 0 Å². The summed E-state index contributed by atoms with van der Waals surface area (Å²) >= 11 is 0. The molecule has 28 heavy (non-hydrogen) atoms. The van der Waals surface area contributed by atoms with Gasteiger partial charge in [0, 0.05) is 13.0 Å². The highest BCUT2D eigenvalue weighted by atomic mass is 16.8. The Kier molecular flexibility index (Phi) is 9.02. The molecule has 0 aliphatic carbocycles. The van der Waals surface area contributed by atoms with Crippen LogP contribution in [0.3, 0.4) is 0 Å². The SMILES string of the molecule is CCCCCC(C)(C)C1COCCOCCCOc2ccccc2OC1(O)O. The van der Waals surface area contributed by atoms with E-state index in [2.05, 4.69) is 6.92 Å². The number of rotatable bonds is 5. The summed E-state index contributed by atoms with van der Waals surface area (Å²) in [7, 11) is 0. The maximum absolute atomic E-state index is 10.9. The van der Waals surface area contributed by atoms with Gasteiger partial charge in [0.1, 0.15) is 0 Å².